The van der Waals surface area contributed by atoms with Crippen LogP contribution in [0.4, 0.5) is 0 Å². The summed E-state index contributed by atoms with van der Waals surface area (Å²) >= 11 is -0.972. The molecule has 0 amide bonds. The molecule has 0 atom stereocenters. The van der Waals surface area contributed by atoms with Crippen LogP contribution in [-0.2, 0) is 0 Å². The van der Waals surface area contributed by atoms with Crippen molar-refractivity contribution >= 4 is 38.4 Å². The fourth-order valence-electron chi connectivity index (χ4n) is 0. The minimum absolute atomic E-state index is 0. The summed E-state index contributed by atoms with van der Waals surface area (Å²) in [6, 6.07) is 0. The maximum Gasteiger partial charge on any atom is 1.00 e. The molecular weight excluding hydrogens is 411 g/mol. The third kappa shape index (κ3) is 9.12. The molecule has 0 fully saturated rings. The Labute approximate surface area is 105 Å². The van der Waals surface area contributed by atoms with Crippen molar-refractivity contribution in [2.45, 2.75) is 0 Å². The van der Waals surface area contributed by atoms with Gasteiger partial charge >= 0.3 is 107 Å². The fraction of sp³-hybridized carbons (Fsp3) is 0. The van der Waals surface area contributed by atoms with Gasteiger partial charge in [-0.2, -0.15) is 0 Å². The van der Waals surface area contributed by atoms with Gasteiger partial charge in [0, 0.05) is 0 Å². The van der Waals surface area contributed by atoms with Gasteiger partial charge in [0.05, 0.1) is 0 Å². The first-order chi connectivity index (χ1) is 1.41. The largest absolute Gasteiger partial charge is 1.00 e. The Morgan fingerprint density at radius 2 is 1.50 bits per heavy atom. The maximum atomic E-state index is 4.96. The van der Waals surface area contributed by atoms with Crippen LogP contribution in [0.1, 0.15) is 1.43 Å². The van der Waals surface area contributed by atoms with Gasteiger partial charge in [-0.3, -0.25) is 0 Å². The van der Waals surface area contributed by atoms with E-state index in [0.717, 1.165) is 0 Å². The van der Waals surface area contributed by atoms with Crippen LogP contribution in [-0.4, -0.2) is 21.8 Å². The van der Waals surface area contributed by atoms with Crippen molar-refractivity contribution < 1.29 is 70.3 Å². The summed E-state index contributed by atoms with van der Waals surface area (Å²) in [4.78, 5) is 0. The molecule has 0 aromatic carbocycles. The summed E-state index contributed by atoms with van der Waals surface area (Å²) in [5, 5.41) is 0. The predicted octanol–water partition coefficient (Wildman–Crippen LogP) is -1.89. The smallest absolute Gasteiger partial charge is 1.00 e. The molecule has 0 aliphatic rings. The van der Waals surface area contributed by atoms with Crippen molar-refractivity contribution in [1.29, 1.82) is 0 Å². The van der Waals surface area contributed by atoms with Gasteiger partial charge in [0.2, 0.25) is 0 Å². The molecule has 0 N–H and O–H groups in total. The Balaban J connectivity index is -0.0000000200. The van der Waals surface area contributed by atoms with Gasteiger partial charge < -0.3 is 1.43 Å². The standard InChI is InChI=1S/2ClH.Cs.Pb.H/h2*1H;;;/q;;+1;+2;-1/p-2. The zero-order chi connectivity index (χ0) is 2.71. The van der Waals surface area contributed by atoms with Crippen LogP contribution in [0.2, 0.25) is 0 Å². The normalized spacial score (nSPS) is 4.50. The molecular formula is HCl2CsPb. The van der Waals surface area contributed by atoms with Crippen molar-refractivity contribution in [3.63, 3.8) is 0 Å². The van der Waals surface area contributed by atoms with Crippen molar-refractivity contribution in [2.75, 3.05) is 0 Å². The third-order valence-corrected chi connectivity index (χ3v) is 0. The van der Waals surface area contributed by atoms with Gasteiger partial charge in [-0.25, -0.2) is 0 Å². The molecule has 0 heterocycles. The first-order valence-electron chi connectivity index (χ1n) is 0.378. The molecule has 20 valence electrons. The topological polar surface area (TPSA) is 0 Å². The molecule has 0 aromatic rings. The Hall–Kier alpha value is 3.55. The number of hydrogen-bond donors (Lipinski definition) is 0. The van der Waals surface area contributed by atoms with Gasteiger partial charge in [-0.1, -0.05) is 0 Å². The van der Waals surface area contributed by atoms with Gasteiger partial charge in [0.1, 0.15) is 0 Å². The van der Waals surface area contributed by atoms with E-state index in [0.29, 0.717) is 0 Å². The van der Waals surface area contributed by atoms with Crippen LogP contribution in [0.3, 0.4) is 0 Å². The Morgan fingerprint density at radius 1 is 1.50 bits per heavy atom. The van der Waals surface area contributed by atoms with Gasteiger partial charge in [0.15, 0.2) is 0 Å². The van der Waals surface area contributed by atoms with Crippen molar-refractivity contribution in [2.24, 2.45) is 0 Å². The SMILES string of the molecule is [Cl][Pb][Cl].[Cs+].[H-]. The Kier molecular flexibility index (Phi) is 25.6. The van der Waals surface area contributed by atoms with Crippen LogP contribution < -0.4 is 68.9 Å². The molecule has 0 aliphatic heterocycles. The summed E-state index contributed by atoms with van der Waals surface area (Å²) < 4.78 is 0. The van der Waals surface area contributed by atoms with Crippen LogP contribution >= 0.6 is 16.6 Å². The third-order valence-electron chi connectivity index (χ3n) is 0. The first-order valence-corrected chi connectivity index (χ1v) is 9.95. The second kappa shape index (κ2) is 9.75. The number of hydrogen-bond acceptors (Lipinski definition) is 0. The number of halogens is 2. The Bertz CT molecular complexity index is 9.61. The molecule has 4 heavy (non-hydrogen) atoms. The van der Waals surface area contributed by atoms with Gasteiger partial charge in [0.25, 0.3) is 0 Å². The summed E-state index contributed by atoms with van der Waals surface area (Å²) in [5.74, 6) is 0. The summed E-state index contributed by atoms with van der Waals surface area (Å²) in [5.41, 5.74) is 0. The van der Waals surface area contributed by atoms with Gasteiger partial charge in [-0.05, 0) is 0 Å². The second-order valence-corrected chi connectivity index (χ2v) is 5.64. The van der Waals surface area contributed by atoms with Gasteiger partial charge in [-0.15, -0.1) is 0 Å². The summed E-state index contributed by atoms with van der Waals surface area (Å²) in [7, 11) is 9.92. The van der Waals surface area contributed by atoms with Crippen LogP contribution in [0.15, 0.2) is 0 Å². The van der Waals surface area contributed by atoms with E-state index in [1.165, 1.54) is 0 Å². The molecule has 0 nitrogen and oxygen atoms in total. The molecule has 0 aromatic heterocycles. The van der Waals surface area contributed by atoms with E-state index in [1.54, 1.807) is 0 Å². The van der Waals surface area contributed by atoms with Crippen molar-refractivity contribution in [1.82, 2.24) is 0 Å². The minimum Gasteiger partial charge on any atom is -1.00 e. The molecule has 0 saturated carbocycles. The first kappa shape index (κ1) is 10.5. The summed E-state index contributed by atoms with van der Waals surface area (Å²) in [6.45, 7) is 0. The van der Waals surface area contributed by atoms with E-state index in [9.17, 15) is 0 Å². The van der Waals surface area contributed by atoms with Crippen molar-refractivity contribution in [3.8, 4) is 0 Å². The fourth-order valence-corrected chi connectivity index (χ4v) is 0. The zero-order valence-corrected chi connectivity index (χ0v) is 13.9. The molecule has 0 bridgehead atoms. The average Bonchev–Trinajstić information content (AvgIpc) is 0.918. The van der Waals surface area contributed by atoms with E-state index in [2.05, 4.69) is 0 Å². The average molecular weight is 412 g/mol. The molecule has 4 heteroatoms. The van der Waals surface area contributed by atoms with E-state index in [1.807, 2.05) is 0 Å². The van der Waals surface area contributed by atoms with E-state index in [-0.39, 0.29) is 70.3 Å². The van der Waals surface area contributed by atoms with Crippen molar-refractivity contribution in [3.05, 3.63) is 0 Å². The van der Waals surface area contributed by atoms with E-state index < -0.39 is 21.8 Å². The maximum absolute atomic E-state index is 4.96. The molecule has 0 rings (SSSR count). The number of rotatable bonds is 0. The molecule has 0 saturated heterocycles. The molecule has 0 aliphatic carbocycles. The van der Waals surface area contributed by atoms with Crippen LogP contribution in [0, 0.1) is 0 Å². The summed E-state index contributed by atoms with van der Waals surface area (Å²) in [6.07, 6.45) is 0. The van der Waals surface area contributed by atoms with E-state index in [4.69, 9.17) is 16.6 Å². The van der Waals surface area contributed by atoms with Crippen LogP contribution in [0.5, 0.6) is 0 Å². The monoisotopic (exact) mass is 412 g/mol. The second-order valence-electron chi connectivity index (χ2n) is 0.0714. The predicted molar refractivity (Wildman–Crippen MR) is 18.6 cm³/mol. The molecule has 0 spiro atoms. The quantitative estimate of drug-likeness (QED) is 0.409. The molecule has 2 radical (unpaired) electrons. The van der Waals surface area contributed by atoms with E-state index >= 15 is 0 Å². The Morgan fingerprint density at radius 3 is 1.50 bits per heavy atom. The zero-order valence-electron chi connectivity index (χ0n) is 3.26. The minimum atomic E-state index is -0.972. The molecule has 0 unspecified atom stereocenters. The van der Waals surface area contributed by atoms with Crippen LogP contribution in [0.25, 0.3) is 0 Å².